The van der Waals surface area contributed by atoms with Crippen LogP contribution in [0.1, 0.15) is 40.0 Å². The molecule has 0 aliphatic carbocycles. The Kier molecular flexibility index (Phi) is 7.67. The zero-order valence-corrected chi connectivity index (χ0v) is 18.2. The van der Waals surface area contributed by atoms with Crippen LogP contribution in [0.3, 0.4) is 0 Å². The molecule has 146 valence electrons. The number of sulfonamides is 1. The molecule has 0 N–H and O–H groups in total. The highest BCUT2D eigenvalue weighted by molar-refractivity contribution is 9.10. The number of halogens is 1. The van der Waals surface area contributed by atoms with E-state index in [0.29, 0.717) is 12.5 Å². The number of carbonyl (C=O) groups is 1. The molecule has 1 aliphatic rings. The first kappa shape index (κ1) is 21.4. The van der Waals surface area contributed by atoms with Crippen molar-refractivity contribution in [3.8, 4) is 0 Å². The third-order valence-corrected chi connectivity index (χ3v) is 7.14. The van der Waals surface area contributed by atoms with Gasteiger partial charge in [-0.25, -0.2) is 8.42 Å². The lowest BCUT2D eigenvalue weighted by molar-refractivity contribution is -0.132. The fourth-order valence-electron chi connectivity index (χ4n) is 3.11. The Bertz CT molecular complexity index is 696. The topological polar surface area (TPSA) is 57.7 Å². The standard InChI is InChI=1S/C19H29BrN2O3S/c1-15(2)14-22(26(24,25)18-6-4-17(20)5-7-18)13-10-19(23)21-11-8-16(3)9-12-21/h4-7,15-16H,8-14H2,1-3H3. The smallest absolute Gasteiger partial charge is 0.243 e. The average Bonchev–Trinajstić information content (AvgIpc) is 2.59. The van der Waals surface area contributed by atoms with E-state index < -0.39 is 10.0 Å². The number of rotatable bonds is 7. The zero-order valence-electron chi connectivity index (χ0n) is 15.8. The van der Waals surface area contributed by atoms with E-state index in [4.69, 9.17) is 0 Å². The molecule has 1 amide bonds. The van der Waals surface area contributed by atoms with Crippen LogP contribution in [0.15, 0.2) is 33.6 Å². The van der Waals surface area contributed by atoms with Crippen LogP contribution < -0.4 is 0 Å². The van der Waals surface area contributed by atoms with Crippen molar-refractivity contribution in [2.45, 2.75) is 44.9 Å². The summed E-state index contributed by atoms with van der Waals surface area (Å²) in [7, 11) is -3.61. The summed E-state index contributed by atoms with van der Waals surface area (Å²) in [5.74, 6) is 0.900. The van der Waals surface area contributed by atoms with Crippen LogP contribution in [0.2, 0.25) is 0 Å². The summed E-state index contributed by atoms with van der Waals surface area (Å²) in [6.07, 6.45) is 2.29. The molecule has 1 fully saturated rings. The van der Waals surface area contributed by atoms with Gasteiger partial charge in [-0.3, -0.25) is 4.79 Å². The fraction of sp³-hybridized carbons (Fsp3) is 0.632. The van der Waals surface area contributed by atoms with E-state index in [1.807, 2.05) is 18.7 Å². The number of amides is 1. The molecule has 7 heteroatoms. The van der Waals surface area contributed by atoms with Gasteiger partial charge in [-0.2, -0.15) is 4.31 Å². The number of carbonyl (C=O) groups excluding carboxylic acids is 1. The molecule has 1 aromatic carbocycles. The maximum absolute atomic E-state index is 13.0. The minimum absolute atomic E-state index is 0.0525. The molecule has 2 rings (SSSR count). The lowest BCUT2D eigenvalue weighted by atomic mass is 9.99. The molecule has 0 radical (unpaired) electrons. The van der Waals surface area contributed by atoms with Crippen molar-refractivity contribution in [1.82, 2.24) is 9.21 Å². The van der Waals surface area contributed by atoms with E-state index in [2.05, 4.69) is 22.9 Å². The molecule has 5 nitrogen and oxygen atoms in total. The van der Waals surface area contributed by atoms with Crippen molar-refractivity contribution in [1.29, 1.82) is 0 Å². The van der Waals surface area contributed by atoms with Gasteiger partial charge in [0.15, 0.2) is 0 Å². The number of nitrogens with zero attached hydrogens (tertiary/aromatic N) is 2. The van der Waals surface area contributed by atoms with E-state index >= 15 is 0 Å². The van der Waals surface area contributed by atoms with Crippen LogP contribution in [-0.2, 0) is 14.8 Å². The van der Waals surface area contributed by atoms with Crippen LogP contribution in [0.25, 0.3) is 0 Å². The number of piperidine rings is 1. The summed E-state index contributed by atoms with van der Waals surface area (Å²) in [4.78, 5) is 14.6. The van der Waals surface area contributed by atoms with Gasteiger partial charge >= 0.3 is 0 Å². The maximum Gasteiger partial charge on any atom is 0.243 e. The molecule has 1 saturated heterocycles. The van der Waals surface area contributed by atoms with Gasteiger partial charge in [0, 0.05) is 37.1 Å². The monoisotopic (exact) mass is 444 g/mol. The summed E-state index contributed by atoms with van der Waals surface area (Å²) >= 11 is 3.33. The van der Waals surface area contributed by atoms with E-state index in [1.54, 1.807) is 24.3 Å². The van der Waals surface area contributed by atoms with Crippen LogP contribution in [0.4, 0.5) is 0 Å². The Morgan fingerprint density at radius 1 is 1.23 bits per heavy atom. The minimum atomic E-state index is -3.61. The van der Waals surface area contributed by atoms with E-state index in [0.717, 1.165) is 30.4 Å². The van der Waals surface area contributed by atoms with Crippen molar-refractivity contribution < 1.29 is 13.2 Å². The minimum Gasteiger partial charge on any atom is -0.343 e. The molecule has 0 saturated carbocycles. The quantitative estimate of drug-likeness (QED) is 0.643. The third kappa shape index (κ3) is 5.79. The van der Waals surface area contributed by atoms with Gasteiger partial charge in [0.25, 0.3) is 0 Å². The normalized spacial score (nSPS) is 16.5. The second-order valence-corrected chi connectivity index (χ2v) is 10.4. The van der Waals surface area contributed by atoms with Crippen LogP contribution in [0.5, 0.6) is 0 Å². The lowest BCUT2D eigenvalue weighted by Gasteiger charge is -2.31. The van der Waals surface area contributed by atoms with Crippen molar-refractivity contribution >= 4 is 31.9 Å². The number of benzene rings is 1. The summed E-state index contributed by atoms with van der Waals surface area (Å²) in [6.45, 7) is 8.37. The van der Waals surface area contributed by atoms with Crippen LogP contribution in [0, 0.1) is 11.8 Å². The highest BCUT2D eigenvalue weighted by Gasteiger charge is 2.27. The summed E-state index contributed by atoms with van der Waals surface area (Å²) in [6, 6.07) is 6.64. The van der Waals surface area contributed by atoms with Crippen molar-refractivity contribution in [2.24, 2.45) is 11.8 Å². The van der Waals surface area contributed by atoms with Gasteiger partial charge in [-0.05, 0) is 48.9 Å². The highest BCUT2D eigenvalue weighted by atomic mass is 79.9. The average molecular weight is 445 g/mol. The number of hydrogen-bond acceptors (Lipinski definition) is 3. The van der Waals surface area contributed by atoms with Gasteiger partial charge in [-0.15, -0.1) is 0 Å². The van der Waals surface area contributed by atoms with Crippen LogP contribution in [-0.4, -0.2) is 49.7 Å². The molecule has 1 aromatic rings. The molecule has 0 atom stereocenters. The van der Waals surface area contributed by atoms with Crippen molar-refractivity contribution in [2.75, 3.05) is 26.2 Å². The summed E-state index contributed by atoms with van der Waals surface area (Å²) in [5, 5.41) is 0. The highest BCUT2D eigenvalue weighted by Crippen LogP contribution is 2.21. The van der Waals surface area contributed by atoms with Gasteiger partial charge in [-0.1, -0.05) is 36.7 Å². The second kappa shape index (κ2) is 9.33. The molecule has 1 aliphatic heterocycles. The largest absolute Gasteiger partial charge is 0.343 e. The molecule has 26 heavy (non-hydrogen) atoms. The van der Waals surface area contributed by atoms with Crippen molar-refractivity contribution in [3.05, 3.63) is 28.7 Å². The Balaban J connectivity index is 2.07. The molecule has 1 heterocycles. The second-order valence-electron chi connectivity index (χ2n) is 7.52. The lowest BCUT2D eigenvalue weighted by Crippen LogP contribution is -2.41. The Hall–Kier alpha value is -0.920. The summed E-state index contributed by atoms with van der Waals surface area (Å²) < 4.78 is 28.3. The summed E-state index contributed by atoms with van der Waals surface area (Å²) in [5.41, 5.74) is 0. The molecular weight excluding hydrogens is 416 g/mol. The van der Waals surface area contributed by atoms with E-state index in [-0.39, 0.29) is 29.7 Å². The maximum atomic E-state index is 13.0. The predicted molar refractivity (Wildman–Crippen MR) is 107 cm³/mol. The van der Waals surface area contributed by atoms with Crippen LogP contribution >= 0.6 is 15.9 Å². The number of hydrogen-bond donors (Lipinski definition) is 0. The Morgan fingerprint density at radius 3 is 2.35 bits per heavy atom. The predicted octanol–water partition coefficient (Wildman–Crippen LogP) is 3.74. The third-order valence-electron chi connectivity index (χ3n) is 4.73. The van der Waals surface area contributed by atoms with Crippen molar-refractivity contribution in [3.63, 3.8) is 0 Å². The fourth-order valence-corrected chi connectivity index (χ4v) is 4.98. The zero-order chi connectivity index (χ0) is 19.3. The van der Waals surface area contributed by atoms with Gasteiger partial charge in [0.05, 0.1) is 4.90 Å². The van der Waals surface area contributed by atoms with Gasteiger partial charge in [0.2, 0.25) is 15.9 Å². The SMILES string of the molecule is CC(C)CN(CCC(=O)N1CCC(C)CC1)S(=O)(=O)c1ccc(Br)cc1. The molecule has 0 bridgehead atoms. The Morgan fingerprint density at radius 2 is 1.81 bits per heavy atom. The molecule has 0 aromatic heterocycles. The van der Waals surface area contributed by atoms with E-state index in [1.165, 1.54) is 4.31 Å². The first-order chi connectivity index (χ1) is 12.2. The molecular formula is C19H29BrN2O3S. The first-order valence-electron chi connectivity index (χ1n) is 9.23. The van der Waals surface area contributed by atoms with E-state index in [9.17, 15) is 13.2 Å². The molecule has 0 unspecified atom stereocenters. The molecule has 0 spiro atoms. The Labute approximate surface area is 165 Å². The number of likely N-dealkylation sites (tertiary alicyclic amines) is 1. The van der Waals surface area contributed by atoms with Gasteiger partial charge in [0.1, 0.15) is 0 Å². The van der Waals surface area contributed by atoms with Gasteiger partial charge < -0.3 is 4.90 Å². The first-order valence-corrected chi connectivity index (χ1v) is 11.5.